The van der Waals surface area contributed by atoms with Crippen LogP contribution in [0.25, 0.3) is 0 Å². The van der Waals surface area contributed by atoms with Crippen LogP contribution in [0.1, 0.15) is 73.2 Å². The Balaban J connectivity index is 1.76. The minimum atomic E-state index is -0.530. The number of nitrogens with zero attached hydrogens (tertiary/aromatic N) is 1. The molecule has 7 nitrogen and oxygen atoms in total. The molecule has 0 aliphatic carbocycles. The van der Waals surface area contributed by atoms with Crippen molar-refractivity contribution in [2.75, 3.05) is 33.4 Å². The van der Waals surface area contributed by atoms with Crippen LogP contribution in [-0.4, -0.2) is 61.6 Å². The second kappa shape index (κ2) is 12.6. The first-order valence-corrected chi connectivity index (χ1v) is 11.7. The zero-order valence-corrected chi connectivity index (χ0v) is 19.0. The van der Waals surface area contributed by atoms with Gasteiger partial charge in [0.2, 0.25) is 6.29 Å². The number of carbonyl (C=O) groups is 2. The molecule has 0 bridgehead atoms. The summed E-state index contributed by atoms with van der Waals surface area (Å²) in [6.45, 7) is 2.09. The van der Waals surface area contributed by atoms with Crippen molar-refractivity contribution in [2.24, 2.45) is 0 Å². The Kier molecular flexibility index (Phi) is 9.56. The lowest BCUT2D eigenvalue weighted by molar-refractivity contribution is -0.153. The van der Waals surface area contributed by atoms with E-state index in [1.807, 2.05) is 23.1 Å². The Morgan fingerprint density at radius 3 is 2.41 bits per heavy atom. The number of likely N-dealkylation sites (tertiary alicyclic amines) is 1. The number of esters is 1. The van der Waals surface area contributed by atoms with Gasteiger partial charge in [-0.05, 0) is 49.5 Å². The van der Waals surface area contributed by atoms with E-state index in [1.54, 1.807) is 12.1 Å². The summed E-state index contributed by atoms with van der Waals surface area (Å²) in [5.41, 5.74) is 1.48. The number of benzene rings is 1. The second-order valence-corrected chi connectivity index (χ2v) is 8.40. The van der Waals surface area contributed by atoms with Crippen LogP contribution in [0.15, 0.2) is 36.1 Å². The fraction of sp³-hybridized carbons (Fsp3) is 0.600. The lowest BCUT2D eigenvalue weighted by atomic mass is 9.92. The van der Waals surface area contributed by atoms with Crippen LogP contribution in [0, 0.1) is 0 Å². The Labute approximate surface area is 190 Å². The molecule has 1 aromatic rings. The van der Waals surface area contributed by atoms with Gasteiger partial charge >= 0.3 is 5.97 Å². The van der Waals surface area contributed by atoms with Crippen LogP contribution in [0.4, 0.5) is 0 Å². The highest BCUT2D eigenvalue weighted by atomic mass is 16.7. The SMILES string of the molecule is COC(=O)c1ccc([C@@H]2C=C(C(=O)N3CCCCCCC3)O[C@H](OCCCCO)C2)cc1. The van der Waals surface area contributed by atoms with Gasteiger partial charge in [0.15, 0.2) is 5.76 Å². The molecule has 2 aliphatic heterocycles. The first-order valence-electron chi connectivity index (χ1n) is 11.7. The molecule has 1 fully saturated rings. The minimum absolute atomic E-state index is 0.0630. The zero-order chi connectivity index (χ0) is 22.8. The van der Waals surface area contributed by atoms with E-state index in [2.05, 4.69) is 0 Å². The van der Waals surface area contributed by atoms with Gasteiger partial charge in [0.1, 0.15) is 0 Å². The molecule has 2 atom stereocenters. The highest BCUT2D eigenvalue weighted by Gasteiger charge is 2.31. The summed E-state index contributed by atoms with van der Waals surface area (Å²) < 4.78 is 16.7. The first kappa shape index (κ1) is 24.3. The maximum absolute atomic E-state index is 13.3. The van der Waals surface area contributed by atoms with Crippen molar-refractivity contribution in [3.63, 3.8) is 0 Å². The zero-order valence-electron chi connectivity index (χ0n) is 19.0. The van der Waals surface area contributed by atoms with Gasteiger partial charge in [-0.25, -0.2) is 4.79 Å². The number of amides is 1. The number of aliphatic hydroxyl groups excluding tert-OH is 1. The molecule has 176 valence electrons. The summed E-state index contributed by atoms with van der Waals surface area (Å²) in [6.07, 6.45) is 8.89. The summed E-state index contributed by atoms with van der Waals surface area (Å²) in [6, 6.07) is 7.25. The van der Waals surface area contributed by atoms with Crippen LogP contribution in [-0.2, 0) is 19.0 Å². The van der Waals surface area contributed by atoms with Gasteiger partial charge in [0.05, 0.1) is 19.3 Å². The number of hydrogen-bond donors (Lipinski definition) is 1. The van der Waals surface area contributed by atoms with E-state index in [4.69, 9.17) is 19.3 Å². The lowest BCUT2D eigenvalue weighted by Gasteiger charge is -2.32. The first-order chi connectivity index (χ1) is 15.6. The van der Waals surface area contributed by atoms with Gasteiger partial charge in [0.25, 0.3) is 5.91 Å². The molecule has 2 aliphatic rings. The summed E-state index contributed by atoms with van der Waals surface area (Å²) in [5.74, 6) is -0.179. The third kappa shape index (κ3) is 6.81. The second-order valence-electron chi connectivity index (χ2n) is 8.40. The summed E-state index contributed by atoms with van der Waals surface area (Å²) in [7, 11) is 1.36. The van der Waals surface area contributed by atoms with Crippen molar-refractivity contribution < 1.29 is 28.9 Å². The molecule has 7 heteroatoms. The van der Waals surface area contributed by atoms with Crippen molar-refractivity contribution in [2.45, 2.75) is 63.6 Å². The van der Waals surface area contributed by atoms with Crippen molar-refractivity contribution in [3.8, 4) is 0 Å². The molecule has 1 amide bonds. The predicted molar refractivity (Wildman–Crippen MR) is 120 cm³/mol. The summed E-state index contributed by atoms with van der Waals surface area (Å²) >= 11 is 0. The predicted octanol–water partition coefficient (Wildman–Crippen LogP) is 3.77. The normalized spacial score (nSPS) is 21.7. The summed E-state index contributed by atoms with van der Waals surface area (Å²) in [5, 5.41) is 9.00. The maximum Gasteiger partial charge on any atom is 0.337 e. The quantitative estimate of drug-likeness (QED) is 0.484. The van der Waals surface area contributed by atoms with Gasteiger partial charge in [-0.2, -0.15) is 0 Å². The lowest BCUT2D eigenvalue weighted by Crippen LogP contribution is -2.38. The Bertz CT molecular complexity index is 767. The number of hydrogen-bond acceptors (Lipinski definition) is 6. The number of unbranched alkanes of at least 4 members (excludes halogenated alkanes) is 1. The van der Waals surface area contributed by atoms with Gasteiger partial charge in [-0.3, -0.25) is 4.79 Å². The standard InChI is InChI=1S/C25H35NO6/c1-30-25(29)20-11-9-19(10-12-20)21-17-22(32-23(18-21)31-16-8-7-15-27)24(28)26-13-5-3-2-4-6-14-26/h9-12,17,21,23,27H,2-8,13-16,18H2,1H3/t21-,23+/m1/s1. The van der Waals surface area contributed by atoms with E-state index in [9.17, 15) is 9.59 Å². The van der Waals surface area contributed by atoms with E-state index in [0.717, 1.165) is 50.8 Å². The van der Waals surface area contributed by atoms with E-state index in [1.165, 1.54) is 13.5 Å². The smallest absolute Gasteiger partial charge is 0.337 e. The largest absolute Gasteiger partial charge is 0.465 e. The van der Waals surface area contributed by atoms with E-state index >= 15 is 0 Å². The average molecular weight is 446 g/mol. The van der Waals surface area contributed by atoms with Gasteiger partial charge in [-0.15, -0.1) is 0 Å². The van der Waals surface area contributed by atoms with Crippen molar-refractivity contribution in [3.05, 3.63) is 47.2 Å². The number of allylic oxidation sites excluding steroid dienone is 1. The third-order valence-corrected chi connectivity index (χ3v) is 6.03. The fourth-order valence-corrected chi connectivity index (χ4v) is 4.16. The molecule has 0 unspecified atom stereocenters. The molecule has 0 aromatic heterocycles. The number of methoxy groups -OCH3 is 1. The topological polar surface area (TPSA) is 85.3 Å². The van der Waals surface area contributed by atoms with Crippen molar-refractivity contribution in [1.82, 2.24) is 4.90 Å². The van der Waals surface area contributed by atoms with E-state index < -0.39 is 6.29 Å². The molecule has 0 spiro atoms. The number of ether oxygens (including phenoxy) is 3. The van der Waals surface area contributed by atoms with Crippen molar-refractivity contribution in [1.29, 1.82) is 0 Å². The van der Waals surface area contributed by atoms with Gasteiger partial charge in [0, 0.05) is 32.0 Å². The third-order valence-electron chi connectivity index (χ3n) is 6.03. The summed E-state index contributed by atoms with van der Waals surface area (Å²) in [4.78, 5) is 26.9. The molecule has 1 N–H and O–H groups in total. The Morgan fingerprint density at radius 1 is 1.06 bits per heavy atom. The molecule has 0 radical (unpaired) electrons. The molecular formula is C25H35NO6. The molecule has 1 aromatic carbocycles. The van der Waals surface area contributed by atoms with Crippen LogP contribution in [0.2, 0.25) is 0 Å². The highest BCUT2D eigenvalue weighted by molar-refractivity contribution is 5.92. The van der Waals surface area contributed by atoms with Crippen LogP contribution in [0.3, 0.4) is 0 Å². The van der Waals surface area contributed by atoms with E-state index in [-0.39, 0.29) is 24.4 Å². The molecule has 1 saturated heterocycles. The average Bonchev–Trinajstić information content (AvgIpc) is 2.81. The number of carbonyl (C=O) groups excluding carboxylic acids is 2. The highest BCUT2D eigenvalue weighted by Crippen LogP contribution is 2.32. The molecule has 3 rings (SSSR count). The maximum atomic E-state index is 13.3. The van der Waals surface area contributed by atoms with Gasteiger partial charge < -0.3 is 24.2 Å². The van der Waals surface area contributed by atoms with Crippen LogP contribution in [0.5, 0.6) is 0 Å². The van der Waals surface area contributed by atoms with Crippen LogP contribution >= 0.6 is 0 Å². The number of aliphatic hydroxyl groups is 1. The Hall–Kier alpha value is -2.38. The molecule has 2 heterocycles. The molecular weight excluding hydrogens is 410 g/mol. The van der Waals surface area contributed by atoms with E-state index in [0.29, 0.717) is 30.8 Å². The number of rotatable bonds is 8. The molecule has 32 heavy (non-hydrogen) atoms. The van der Waals surface area contributed by atoms with Crippen molar-refractivity contribution >= 4 is 11.9 Å². The van der Waals surface area contributed by atoms with Crippen LogP contribution < -0.4 is 0 Å². The monoisotopic (exact) mass is 445 g/mol. The minimum Gasteiger partial charge on any atom is -0.465 e. The Morgan fingerprint density at radius 2 is 1.75 bits per heavy atom. The molecule has 0 saturated carbocycles. The fourth-order valence-electron chi connectivity index (χ4n) is 4.16. The van der Waals surface area contributed by atoms with Gasteiger partial charge in [-0.1, -0.05) is 31.4 Å².